The van der Waals surface area contributed by atoms with Crippen molar-refractivity contribution in [2.45, 2.75) is 18.9 Å². The van der Waals surface area contributed by atoms with E-state index < -0.39 is 0 Å². The van der Waals surface area contributed by atoms with Gasteiger partial charge in [0.05, 0.1) is 18.2 Å². The van der Waals surface area contributed by atoms with Gasteiger partial charge in [-0.25, -0.2) is 4.98 Å². The number of piperidine rings is 1. The van der Waals surface area contributed by atoms with Crippen molar-refractivity contribution in [3.63, 3.8) is 0 Å². The Bertz CT molecular complexity index is 989. The van der Waals surface area contributed by atoms with E-state index >= 15 is 0 Å². The molecule has 1 amide bonds. The molecule has 0 bridgehead atoms. The number of aromatic amines is 1. The number of carbonyl (C=O) groups is 1. The van der Waals surface area contributed by atoms with Gasteiger partial charge in [-0.1, -0.05) is 6.07 Å². The minimum Gasteiger partial charge on any atom is -0.472 e. The van der Waals surface area contributed by atoms with E-state index in [1.54, 1.807) is 18.3 Å². The van der Waals surface area contributed by atoms with E-state index in [0.29, 0.717) is 30.1 Å². The van der Waals surface area contributed by atoms with Crippen LogP contribution in [0.1, 0.15) is 28.8 Å². The zero-order valence-electron chi connectivity index (χ0n) is 14.2. The summed E-state index contributed by atoms with van der Waals surface area (Å²) in [6, 6.07) is 13.0. The molecular formula is C20H18N4O2. The van der Waals surface area contributed by atoms with Crippen molar-refractivity contribution < 1.29 is 9.53 Å². The fourth-order valence-corrected chi connectivity index (χ4v) is 3.30. The number of nitrogens with one attached hydrogen (secondary N) is 1. The molecule has 130 valence electrons. The molecule has 2 aromatic heterocycles. The number of hydrogen-bond acceptors (Lipinski definition) is 4. The van der Waals surface area contributed by atoms with Crippen molar-refractivity contribution in [2.75, 3.05) is 13.1 Å². The first-order valence-corrected chi connectivity index (χ1v) is 8.62. The minimum atomic E-state index is -0.122. The van der Waals surface area contributed by atoms with Gasteiger partial charge >= 0.3 is 0 Å². The Hall–Kier alpha value is -3.33. The summed E-state index contributed by atoms with van der Waals surface area (Å²) in [4.78, 5) is 22.0. The maximum atomic E-state index is 12.9. The Kier molecular flexibility index (Phi) is 4.28. The number of nitrogens with zero attached hydrogens (tertiary/aromatic N) is 3. The van der Waals surface area contributed by atoms with Crippen LogP contribution in [0, 0.1) is 11.3 Å². The molecule has 1 aliphatic heterocycles. The fraction of sp³-hybridized carbons (Fsp3) is 0.250. The summed E-state index contributed by atoms with van der Waals surface area (Å²) in [5.41, 5.74) is 2.14. The summed E-state index contributed by atoms with van der Waals surface area (Å²) in [6.45, 7) is 1.23. The van der Waals surface area contributed by atoms with Gasteiger partial charge in [0.25, 0.3) is 5.91 Å². The predicted molar refractivity (Wildman–Crippen MR) is 96.8 cm³/mol. The van der Waals surface area contributed by atoms with E-state index in [1.165, 1.54) is 0 Å². The number of H-pyrrole nitrogens is 1. The average Bonchev–Trinajstić information content (AvgIpc) is 3.15. The number of hydrogen-bond donors (Lipinski definition) is 1. The first-order chi connectivity index (χ1) is 12.7. The topological polar surface area (TPSA) is 82.0 Å². The molecule has 0 aliphatic carbocycles. The second kappa shape index (κ2) is 6.89. The second-order valence-electron chi connectivity index (χ2n) is 6.41. The quantitative estimate of drug-likeness (QED) is 0.790. The number of likely N-dealkylation sites (tertiary alicyclic amines) is 1. The third-order valence-electron chi connectivity index (χ3n) is 4.62. The highest BCUT2D eigenvalue weighted by molar-refractivity contribution is 5.98. The van der Waals surface area contributed by atoms with Crippen LogP contribution >= 0.6 is 0 Å². The summed E-state index contributed by atoms with van der Waals surface area (Å²) in [5, 5.41) is 10.1. The SMILES string of the molecule is N#Cc1ccnc(O[C@@H]2CCCN(C(=O)c3ccc4cc[nH]c4c3)C2)c1. The van der Waals surface area contributed by atoms with Gasteiger partial charge in [0.1, 0.15) is 6.10 Å². The highest BCUT2D eigenvalue weighted by Gasteiger charge is 2.26. The molecule has 4 rings (SSSR count). The number of carbonyl (C=O) groups excluding carboxylic acids is 1. The van der Waals surface area contributed by atoms with Crippen molar-refractivity contribution in [3.05, 3.63) is 59.9 Å². The normalized spacial score (nSPS) is 17.0. The molecular weight excluding hydrogens is 328 g/mol. The lowest BCUT2D eigenvalue weighted by Gasteiger charge is -2.32. The molecule has 3 aromatic rings. The van der Waals surface area contributed by atoms with Gasteiger partial charge in [0, 0.05) is 36.1 Å². The first kappa shape index (κ1) is 16.2. The molecule has 1 saturated heterocycles. The van der Waals surface area contributed by atoms with Crippen LogP contribution in [0.4, 0.5) is 0 Å². The smallest absolute Gasteiger partial charge is 0.254 e. The third kappa shape index (κ3) is 3.24. The largest absolute Gasteiger partial charge is 0.472 e. The number of nitriles is 1. The van der Waals surface area contributed by atoms with Crippen molar-refractivity contribution in [2.24, 2.45) is 0 Å². The van der Waals surface area contributed by atoms with Crippen molar-refractivity contribution in [3.8, 4) is 11.9 Å². The second-order valence-corrected chi connectivity index (χ2v) is 6.41. The Morgan fingerprint density at radius 1 is 1.31 bits per heavy atom. The number of benzene rings is 1. The molecule has 1 N–H and O–H groups in total. The van der Waals surface area contributed by atoms with Gasteiger partial charge in [-0.15, -0.1) is 0 Å². The zero-order chi connectivity index (χ0) is 17.9. The average molecular weight is 346 g/mol. The molecule has 3 heterocycles. The van der Waals surface area contributed by atoms with Gasteiger partial charge in [-0.05, 0) is 42.5 Å². The van der Waals surface area contributed by atoms with E-state index in [1.807, 2.05) is 35.4 Å². The summed E-state index contributed by atoms with van der Waals surface area (Å²) in [5.74, 6) is 0.435. The molecule has 0 unspecified atom stereocenters. The third-order valence-corrected chi connectivity index (χ3v) is 4.62. The van der Waals surface area contributed by atoms with E-state index in [-0.39, 0.29) is 12.0 Å². The van der Waals surface area contributed by atoms with E-state index in [2.05, 4.69) is 16.0 Å². The lowest BCUT2D eigenvalue weighted by atomic mass is 10.1. The van der Waals surface area contributed by atoms with Crippen molar-refractivity contribution >= 4 is 16.8 Å². The number of pyridine rings is 1. The number of rotatable bonds is 3. The van der Waals surface area contributed by atoms with Crippen molar-refractivity contribution in [1.82, 2.24) is 14.9 Å². The molecule has 6 heteroatoms. The summed E-state index contributed by atoms with van der Waals surface area (Å²) >= 11 is 0. The highest BCUT2D eigenvalue weighted by atomic mass is 16.5. The molecule has 0 radical (unpaired) electrons. The van der Waals surface area contributed by atoms with Crippen molar-refractivity contribution in [1.29, 1.82) is 5.26 Å². The van der Waals surface area contributed by atoms with Gasteiger partial charge < -0.3 is 14.6 Å². The molecule has 1 aromatic carbocycles. The molecule has 1 aliphatic rings. The fourth-order valence-electron chi connectivity index (χ4n) is 3.30. The van der Waals surface area contributed by atoms with E-state index in [4.69, 9.17) is 10.00 Å². The summed E-state index contributed by atoms with van der Waals surface area (Å²) in [6.07, 6.45) is 5.04. The number of amides is 1. The standard InChI is InChI=1S/C20H18N4O2/c21-12-14-5-7-23-19(10-14)26-17-2-1-9-24(13-17)20(25)16-4-3-15-6-8-22-18(15)11-16/h3-8,10-11,17,22H,1-2,9,13H2/t17-/m1/s1. The van der Waals surface area contributed by atoms with Gasteiger partial charge in [0.15, 0.2) is 0 Å². The Morgan fingerprint density at radius 2 is 2.23 bits per heavy atom. The summed E-state index contributed by atoms with van der Waals surface area (Å²) < 4.78 is 5.91. The first-order valence-electron chi connectivity index (χ1n) is 8.62. The Balaban J connectivity index is 1.47. The zero-order valence-corrected chi connectivity index (χ0v) is 14.2. The molecule has 0 spiro atoms. The van der Waals surface area contributed by atoms with Crippen LogP contribution in [-0.4, -0.2) is 40.0 Å². The molecule has 1 atom stereocenters. The lowest BCUT2D eigenvalue weighted by Crippen LogP contribution is -2.44. The summed E-state index contributed by atoms with van der Waals surface area (Å²) in [7, 11) is 0. The number of fused-ring (bicyclic) bond motifs is 1. The Morgan fingerprint density at radius 3 is 3.12 bits per heavy atom. The number of ether oxygens (including phenoxy) is 1. The molecule has 26 heavy (non-hydrogen) atoms. The van der Waals surface area contributed by atoms with E-state index in [9.17, 15) is 4.79 Å². The van der Waals surface area contributed by atoms with Crippen LogP contribution in [0.5, 0.6) is 5.88 Å². The highest BCUT2D eigenvalue weighted by Crippen LogP contribution is 2.21. The van der Waals surface area contributed by atoms with Gasteiger partial charge in [-0.3, -0.25) is 4.79 Å². The van der Waals surface area contributed by atoms with Gasteiger partial charge in [0.2, 0.25) is 5.88 Å². The molecule has 6 nitrogen and oxygen atoms in total. The predicted octanol–water partition coefficient (Wildman–Crippen LogP) is 3.12. The maximum Gasteiger partial charge on any atom is 0.254 e. The Labute approximate surface area is 151 Å². The monoisotopic (exact) mass is 346 g/mol. The molecule has 0 saturated carbocycles. The van der Waals surface area contributed by atoms with Crippen LogP contribution < -0.4 is 4.74 Å². The van der Waals surface area contributed by atoms with Crippen LogP contribution in [0.3, 0.4) is 0 Å². The van der Waals surface area contributed by atoms with Crippen LogP contribution in [0.2, 0.25) is 0 Å². The van der Waals surface area contributed by atoms with Gasteiger partial charge in [-0.2, -0.15) is 5.26 Å². The molecule has 1 fully saturated rings. The lowest BCUT2D eigenvalue weighted by molar-refractivity contribution is 0.0528. The van der Waals surface area contributed by atoms with Crippen LogP contribution in [-0.2, 0) is 0 Å². The van der Waals surface area contributed by atoms with E-state index in [0.717, 1.165) is 23.7 Å². The maximum absolute atomic E-state index is 12.9. The minimum absolute atomic E-state index is 0.00790. The number of aromatic nitrogens is 2. The van der Waals surface area contributed by atoms with Crippen LogP contribution in [0.15, 0.2) is 48.8 Å². The van der Waals surface area contributed by atoms with Crippen LogP contribution in [0.25, 0.3) is 10.9 Å².